The third-order valence-corrected chi connectivity index (χ3v) is 4.64. The fourth-order valence-electron chi connectivity index (χ4n) is 3.24. The number of phenols is 1. The van der Waals surface area contributed by atoms with Crippen molar-refractivity contribution in [3.8, 4) is 22.6 Å². The van der Waals surface area contributed by atoms with Gasteiger partial charge in [-0.2, -0.15) is 0 Å². The maximum Gasteiger partial charge on any atom is 0.200 e. The number of rotatable bonds is 2. The van der Waals surface area contributed by atoms with Gasteiger partial charge in [-0.3, -0.25) is 4.79 Å². The maximum absolute atomic E-state index is 12.9. The number of ether oxygens (including phenoxy) is 1. The molecule has 1 aliphatic heterocycles. The third-order valence-electron chi connectivity index (χ3n) is 4.64. The largest absolute Gasteiger partial charge is 0.508 e. The second-order valence-corrected chi connectivity index (χ2v) is 7.05. The Balaban J connectivity index is 1.86. The van der Waals surface area contributed by atoms with Crippen molar-refractivity contribution in [2.24, 2.45) is 0 Å². The first-order chi connectivity index (χ1) is 12.3. The number of hydrogen-bond acceptors (Lipinski definition) is 6. The molecule has 0 unspecified atom stereocenters. The van der Waals surface area contributed by atoms with Crippen LogP contribution in [0.4, 0.5) is 0 Å². The Hall–Kier alpha value is -2.83. The van der Waals surface area contributed by atoms with Crippen LogP contribution in [0.3, 0.4) is 0 Å². The Bertz CT molecular complexity index is 1040. The molecule has 2 atom stereocenters. The van der Waals surface area contributed by atoms with Crippen LogP contribution in [0, 0.1) is 0 Å². The van der Waals surface area contributed by atoms with E-state index < -0.39 is 17.8 Å². The smallest absolute Gasteiger partial charge is 0.200 e. The van der Waals surface area contributed by atoms with Gasteiger partial charge in [0.2, 0.25) is 5.43 Å². The van der Waals surface area contributed by atoms with Gasteiger partial charge in [0.15, 0.2) is 6.10 Å². The summed E-state index contributed by atoms with van der Waals surface area (Å²) in [7, 11) is 0. The molecule has 3 N–H and O–H groups in total. The van der Waals surface area contributed by atoms with Crippen molar-refractivity contribution >= 4 is 11.0 Å². The number of hydrogen-bond donors (Lipinski definition) is 3. The fraction of sp³-hybridized carbons (Fsp3) is 0.250. The molecule has 0 fully saturated rings. The second kappa shape index (κ2) is 5.59. The molecule has 0 saturated carbocycles. The first-order valence-electron chi connectivity index (χ1n) is 8.21. The van der Waals surface area contributed by atoms with E-state index in [-0.39, 0.29) is 11.2 Å². The lowest BCUT2D eigenvalue weighted by Gasteiger charge is -2.27. The van der Waals surface area contributed by atoms with Crippen molar-refractivity contribution < 1.29 is 24.5 Å². The van der Waals surface area contributed by atoms with E-state index in [1.807, 2.05) is 0 Å². The van der Waals surface area contributed by atoms with E-state index in [1.54, 1.807) is 38.1 Å². The molecule has 0 aliphatic carbocycles. The summed E-state index contributed by atoms with van der Waals surface area (Å²) in [6.45, 7) is 3.11. The summed E-state index contributed by atoms with van der Waals surface area (Å²) < 4.78 is 11.3. The first-order valence-corrected chi connectivity index (χ1v) is 8.21. The Labute approximate surface area is 148 Å². The van der Waals surface area contributed by atoms with E-state index in [1.165, 1.54) is 18.4 Å². The van der Waals surface area contributed by atoms with Crippen molar-refractivity contribution in [3.63, 3.8) is 0 Å². The van der Waals surface area contributed by atoms with Crippen LogP contribution in [0.1, 0.15) is 25.5 Å². The molecule has 2 aromatic carbocycles. The van der Waals surface area contributed by atoms with Crippen LogP contribution < -0.4 is 10.2 Å². The Kier molecular flexibility index (Phi) is 3.57. The van der Waals surface area contributed by atoms with Crippen molar-refractivity contribution in [1.29, 1.82) is 0 Å². The summed E-state index contributed by atoms with van der Waals surface area (Å²) in [6, 6.07) is 9.35. The highest BCUT2D eigenvalue weighted by Gasteiger charge is 2.42. The minimum Gasteiger partial charge on any atom is -0.508 e. The molecule has 4 rings (SSSR count). The fourth-order valence-corrected chi connectivity index (χ4v) is 3.24. The maximum atomic E-state index is 12.9. The molecular formula is C20H18O6. The normalized spacial score (nSPS) is 19.4. The highest BCUT2D eigenvalue weighted by atomic mass is 16.5. The zero-order valence-corrected chi connectivity index (χ0v) is 14.3. The number of fused-ring (bicyclic) bond motifs is 2. The lowest BCUT2D eigenvalue weighted by Crippen LogP contribution is -2.41. The molecule has 6 heteroatoms. The highest BCUT2D eigenvalue weighted by molar-refractivity contribution is 5.84. The number of phenolic OH excluding ortho intramolecular Hbond substituents is 1. The summed E-state index contributed by atoms with van der Waals surface area (Å²) >= 11 is 0. The molecule has 0 radical (unpaired) electrons. The predicted octanol–water partition coefficient (Wildman–Crippen LogP) is 2.73. The monoisotopic (exact) mass is 354 g/mol. The quantitative estimate of drug-likeness (QED) is 0.654. The van der Waals surface area contributed by atoms with E-state index in [9.17, 15) is 20.1 Å². The molecule has 2 heterocycles. The first kappa shape index (κ1) is 16.6. The van der Waals surface area contributed by atoms with Crippen LogP contribution >= 0.6 is 0 Å². The molecule has 26 heavy (non-hydrogen) atoms. The summed E-state index contributed by atoms with van der Waals surface area (Å²) in [5.41, 5.74) is 0.243. The molecule has 134 valence electrons. The van der Waals surface area contributed by atoms with Gasteiger partial charge in [0.25, 0.3) is 0 Å². The molecule has 0 spiro atoms. The van der Waals surface area contributed by atoms with Gasteiger partial charge in [0.05, 0.1) is 16.6 Å². The molecule has 1 aliphatic rings. The van der Waals surface area contributed by atoms with Crippen molar-refractivity contribution in [3.05, 3.63) is 58.4 Å². The molecule has 0 amide bonds. The second-order valence-electron chi connectivity index (χ2n) is 7.05. The van der Waals surface area contributed by atoms with E-state index in [0.29, 0.717) is 33.4 Å². The molecule has 0 bridgehead atoms. The van der Waals surface area contributed by atoms with Gasteiger partial charge < -0.3 is 24.5 Å². The van der Waals surface area contributed by atoms with Gasteiger partial charge in [-0.25, -0.2) is 0 Å². The standard InChI is InChI=1S/C20H18O6/c1-20(2,24)19-18(23)13-7-12-15(8-16(13)26-19)25-9-14(17(12)22)10-3-5-11(21)6-4-10/h3-9,18-19,21,23-24H,1-2H3/t18-,19-/m1/s1. The lowest BCUT2D eigenvalue weighted by atomic mass is 9.94. The minimum atomic E-state index is -1.25. The van der Waals surface area contributed by atoms with Crippen LogP contribution in [0.5, 0.6) is 11.5 Å². The minimum absolute atomic E-state index is 0.106. The van der Waals surface area contributed by atoms with Gasteiger partial charge in [-0.05, 0) is 37.6 Å². The van der Waals surface area contributed by atoms with Crippen LogP contribution in [-0.4, -0.2) is 27.0 Å². The molecule has 0 saturated heterocycles. The van der Waals surface area contributed by atoms with Crippen LogP contribution in [0.25, 0.3) is 22.1 Å². The molecule has 1 aromatic heterocycles. The van der Waals surface area contributed by atoms with Crippen molar-refractivity contribution in [1.82, 2.24) is 0 Å². The van der Waals surface area contributed by atoms with Gasteiger partial charge in [0.1, 0.15) is 29.4 Å². The van der Waals surface area contributed by atoms with E-state index in [2.05, 4.69) is 0 Å². The van der Waals surface area contributed by atoms with E-state index >= 15 is 0 Å². The topological polar surface area (TPSA) is 100 Å². The average molecular weight is 354 g/mol. The summed E-state index contributed by atoms with van der Waals surface area (Å²) in [5.74, 6) is 0.493. The molecular weight excluding hydrogens is 336 g/mol. The Morgan fingerprint density at radius 3 is 2.46 bits per heavy atom. The van der Waals surface area contributed by atoms with Gasteiger partial charge in [-0.15, -0.1) is 0 Å². The number of aliphatic hydroxyl groups excluding tert-OH is 1. The Morgan fingerprint density at radius 1 is 1.12 bits per heavy atom. The zero-order chi connectivity index (χ0) is 18.6. The van der Waals surface area contributed by atoms with Crippen LogP contribution in [-0.2, 0) is 0 Å². The summed E-state index contributed by atoms with van der Waals surface area (Å²) in [6.07, 6.45) is -0.519. The van der Waals surface area contributed by atoms with Crippen molar-refractivity contribution in [2.45, 2.75) is 31.7 Å². The average Bonchev–Trinajstić information content (AvgIpc) is 2.91. The molecule has 3 aromatic rings. The summed E-state index contributed by atoms with van der Waals surface area (Å²) in [4.78, 5) is 12.9. The van der Waals surface area contributed by atoms with Gasteiger partial charge >= 0.3 is 0 Å². The van der Waals surface area contributed by atoms with E-state index in [4.69, 9.17) is 9.15 Å². The number of aliphatic hydroxyl groups is 2. The third kappa shape index (κ3) is 2.55. The molecule has 6 nitrogen and oxygen atoms in total. The van der Waals surface area contributed by atoms with Gasteiger partial charge in [0, 0.05) is 11.6 Å². The number of aromatic hydroxyl groups is 1. The van der Waals surface area contributed by atoms with Crippen LogP contribution in [0.2, 0.25) is 0 Å². The predicted molar refractivity (Wildman–Crippen MR) is 95.3 cm³/mol. The van der Waals surface area contributed by atoms with Crippen molar-refractivity contribution in [2.75, 3.05) is 0 Å². The highest BCUT2D eigenvalue weighted by Crippen LogP contribution is 2.42. The van der Waals surface area contributed by atoms with Gasteiger partial charge in [-0.1, -0.05) is 12.1 Å². The van der Waals surface area contributed by atoms with E-state index in [0.717, 1.165) is 0 Å². The zero-order valence-electron chi connectivity index (χ0n) is 14.3. The van der Waals surface area contributed by atoms with Crippen LogP contribution in [0.15, 0.2) is 51.9 Å². The number of benzene rings is 2. The Morgan fingerprint density at radius 2 is 1.81 bits per heavy atom. The lowest BCUT2D eigenvalue weighted by molar-refractivity contribution is -0.0762. The SMILES string of the molecule is CC(C)(O)[C@@H]1Oc2cc3occ(-c4ccc(O)cc4)c(=O)c3cc2[C@H]1O. The summed E-state index contributed by atoms with van der Waals surface area (Å²) in [5, 5.41) is 30.4.